The van der Waals surface area contributed by atoms with E-state index in [9.17, 15) is 0 Å². The molecule has 2 aromatic rings. The van der Waals surface area contributed by atoms with Crippen LogP contribution in [0.2, 0.25) is 5.15 Å². The number of hydrogen-bond acceptors (Lipinski definition) is 3. The van der Waals surface area contributed by atoms with Gasteiger partial charge in [-0.05, 0) is 37.1 Å². The van der Waals surface area contributed by atoms with Gasteiger partial charge in [0.2, 0.25) is 0 Å². The standard InChI is InChI=1S/C16H17ClN2O/c1-10(2)16-18-14(9-15(17)19-16)11-3-5-12(6-4-11)20-13-7-8-13/h3-6,9-10,13H,7-8H2,1-2H3. The minimum absolute atomic E-state index is 0.255. The van der Waals surface area contributed by atoms with Gasteiger partial charge in [0.25, 0.3) is 0 Å². The lowest BCUT2D eigenvalue weighted by atomic mass is 10.1. The van der Waals surface area contributed by atoms with Gasteiger partial charge in [0.05, 0.1) is 11.8 Å². The molecule has 0 spiro atoms. The number of nitrogens with zero attached hydrogens (tertiary/aromatic N) is 2. The number of ether oxygens (including phenoxy) is 1. The third-order valence-corrected chi connectivity index (χ3v) is 3.40. The second kappa shape index (κ2) is 5.41. The molecule has 3 nitrogen and oxygen atoms in total. The molecule has 0 saturated heterocycles. The van der Waals surface area contributed by atoms with Crippen LogP contribution in [0.3, 0.4) is 0 Å². The summed E-state index contributed by atoms with van der Waals surface area (Å²) in [5.41, 5.74) is 1.88. The van der Waals surface area contributed by atoms with Gasteiger partial charge in [0.1, 0.15) is 16.7 Å². The van der Waals surface area contributed by atoms with Gasteiger partial charge < -0.3 is 4.74 Å². The lowest BCUT2D eigenvalue weighted by Gasteiger charge is -2.09. The van der Waals surface area contributed by atoms with Crippen LogP contribution in [-0.2, 0) is 0 Å². The molecule has 3 rings (SSSR count). The van der Waals surface area contributed by atoms with Crippen molar-refractivity contribution in [3.63, 3.8) is 0 Å². The Morgan fingerprint density at radius 2 is 1.85 bits per heavy atom. The predicted octanol–water partition coefficient (Wildman–Crippen LogP) is 4.46. The molecule has 1 aliphatic rings. The van der Waals surface area contributed by atoms with Gasteiger partial charge in [-0.3, -0.25) is 0 Å². The Balaban J connectivity index is 1.87. The van der Waals surface area contributed by atoms with E-state index in [0.717, 1.165) is 22.8 Å². The lowest BCUT2D eigenvalue weighted by molar-refractivity contribution is 0.303. The second-order valence-corrected chi connectivity index (χ2v) is 5.82. The highest BCUT2D eigenvalue weighted by Gasteiger charge is 2.23. The molecule has 1 fully saturated rings. The normalized spacial score (nSPS) is 14.6. The van der Waals surface area contributed by atoms with Crippen LogP contribution in [0.15, 0.2) is 30.3 Å². The van der Waals surface area contributed by atoms with E-state index < -0.39 is 0 Å². The molecule has 4 heteroatoms. The SMILES string of the molecule is CC(C)c1nc(Cl)cc(-c2ccc(OC3CC3)cc2)n1. The summed E-state index contributed by atoms with van der Waals surface area (Å²) in [6.45, 7) is 4.12. The summed E-state index contributed by atoms with van der Waals surface area (Å²) in [6.07, 6.45) is 2.75. The summed E-state index contributed by atoms with van der Waals surface area (Å²) in [5, 5.41) is 0.483. The summed E-state index contributed by atoms with van der Waals surface area (Å²) in [5.74, 6) is 1.94. The molecule has 0 radical (unpaired) electrons. The van der Waals surface area contributed by atoms with Crippen LogP contribution in [0.5, 0.6) is 5.75 Å². The van der Waals surface area contributed by atoms with Crippen molar-refractivity contribution in [2.75, 3.05) is 0 Å². The Morgan fingerprint density at radius 3 is 2.45 bits per heavy atom. The molecule has 104 valence electrons. The Kier molecular flexibility index (Phi) is 3.62. The highest BCUT2D eigenvalue weighted by molar-refractivity contribution is 6.29. The van der Waals surface area contributed by atoms with Crippen molar-refractivity contribution in [1.82, 2.24) is 9.97 Å². The zero-order valence-electron chi connectivity index (χ0n) is 11.6. The first-order valence-corrected chi connectivity index (χ1v) is 7.31. The van der Waals surface area contributed by atoms with Crippen LogP contribution < -0.4 is 4.74 Å². The van der Waals surface area contributed by atoms with Gasteiger partial charge in [-0.1, -0.05) is 25.4 Å². The van der Waals surface area contributed by atoms with E-state index in [2.05, 4.69) is 23.8 Å². The van der Waals surface area contributed by atoms with E-state index in [1.165, 1.54) is 12.8 Å². The van der Waals surface area contributed by atoms with Crippen molar-refractivity contribution in [2.24, 2.45) is 0 Å². The molecule has 1 aromatic carbocycles. The van der Waals surface area contributed by atoms with E-state index in [-0.39, 0.29) is 5.92 Å². The van der Waals surface area contributed by atoms with E-state index in [1.54, 1.807) is 6.07 Å². The second-order valence-electron chi connectivity index (χ2n) is 5.43. The van der Waals surface area contributed by atoms with Crippen LogP contribution >= 0.6 is 11.6 Å². The fourth-order valence-electron chi connectivity index (χ4n) is 1.92. The molecule has 0 bridgehead atoms. The molecule has 1 saturated carbocycles. The molecule has 0 atom stereocenters. The first kappa shape index (κ1) is 13.4. The molecular formula is C16H17ClN2O. The average molecular weight is 289 g/mol. The van der Waals surface area contributed by atoms with Crippen LogP contribution in [0, 0.1) is 0 Å². The first-order chi connectivity index (χ1) is 9.61. The van der Waals surface area contributed by atoms with Gasteiger partial charge in [0.15, 0.2) is 0 Å². The molecular weight excluding hydrogens is 272 g/mol. The van der Waals surface area contributed by atoms with Crippen LogP contribution in [0.1, 0.15) is 38.4 Å². The van der Waals surface area contributed by atoms with Crippen molar-refractivity contribution in [2.45, 2.75) is 38.7 Å². The zero-order valence-corrected chi connectivity index (χ0v) is 12.4. The molecule has 0 N–H and O–H groups in total. The quantitative estimate of drug-likeness (QED) is 0.779. The maximum atomic E-state index is 6.08. The van der Waals surface area contributed by atoms with Crippen molar-refractivity contribution < 1.29 is 4.74 Å². The summed E-state index contributed by atoms with van der Waals surface area (Å²) >= 11 is 6.08. The highest BCUT2D eigenvalue weighted by Crippen LogP contribution is 2.29. The Hall–Kier alpha value is -1.61. The fourth-order valence-corrected chi connectivity index (χ4v) is 2.11. The summed E-state index contributed by atoms with van der Waals surface area (Å²) in [4.78, 5) is 8.82. The number of aromatic nitrogens is 2. The minimum Gasteiger partial charge on any atom is -0.490 e. The topological polar surface area (TPSA) is 35.0 Å². The van der Waals surface area contributed by atoms with Gasteiger partial charge in [0, 0.05) is 17.5 Å². The molecule has 0 amide bonds. The summed E-state index contributed by atoms with van der Waals surface area (Å²) < 4.78 is 5.74. The lowest BCUT2D eigenvalue weighted by Crippen LogP contribution is -1.99. The third-order valence-electron chi connectivity index (χ3n) is 3.21. The van der Waals surface area contributed by atoms with E-state index >= 15 is 0 Å². The molecule has 20 heavy (non-hydrogen) atoms. The maximum absolute atomic E-state index is 6.08. The van der Waals surface area contributed by atoms with Crippen molar-refractivity contribution >= 4 is 11.6 Å². The van der Waals surface area contributed by atoms with E-state index in [1.807, 2.05) is 24.3 Å². The number of rotatable bonds is 4. The third kappa shape index (κ3) is 3.10. The molecule has 1 heterocycles. The fraction of sp³-hybridized carbons (Fsp3) is 0.375. The average Bonchev–Trinajstić information content (AvgIpc) is 3.23. The predicted molar refractivity (Wildman–Crippen MR) is 80.2 cm³/mol. The van der Waals surface area contributed by atoms with Crippen molar-refractivity contribution in [1.29, 1.82) is 0 Å². The summed E-state index contributed by atoms with van der Waals surface area (Å²) in [7, 11) is 0. The zero-order chi connectivity index (χ0) is 14.1. The Morgan fingerprint density at radius 1 is 1.15 bits per heavy atom. The minimum atomic E-state index is 0.255. The maximum Gasteiger partial charge on any atom is 0.133 e. The van der Waals surface area contributed by atoms with Gasteiger partial charge >= 0.3 is 0 Å². The van der Waals surface area contributed by atoms with E-state index in [4.69, 9.17) is 16.3 Å². The molecule has 0 unspecified atom stereocenters. The van der Waals surface area contributed by atoms with Crippen LogP contribution in [0.25, 0.3) is 11.3 Å². The molecule has 0 aliphatic heterocycles. The van der Waals surface area contributed by atoms with Gasteiger partial charge in [-0.15, -0.1) is 0 Å². The van der Waals surface area contributed by atoms with Gasteiger partial charge in [-0.25, -0.2) is 9.97 Å². The van der Waals surface area contributed by atoms with Gasteiger partial charge in [-0.2, -0.15) is 0 Å². The number of hydrogen-bond donors (Lipinski definition) is 0. The summed E-state index contributed by atoms with van der Waals surface area (Å²) in [6, 6.07) is 9.79. The van der Waals surface area contributed by atoms with Crippen molar-refractivity contribution in [3.05, 3.63) is 41.3 Å². The number of benzene rings is 1. The van der Waals surface area contributed by atoms with Crippen LogP contribution in [0.4, 0.5) is 0 Å². The van der Waals surface area contributed by atoms with Crippen molar-refractivity contribution in [3.8, 4) is 17.0 Å². The largest absolute Gasteiger partial charge is 0.490 e. The first-order valence-electron chi connectivity index (χ1n) is 6.93. The smallest absolute Gasteiger partial charge is 0.133 e. The van der Waals surface area contributed by atoms with E-state index in [0.29, 0.717) is 11.3 Å². The molecule has 1 aliphatic carbocycles. The van der Waals surface area contributed by atoms with Crippen LogP contribution in [-0.4, -0.2) is 16.1 Å². The highest BCUT2D eigenvalue weighted by atomic mass is 35.5. The molecule has 1 aromatic heterocycles. The Bertz CT molecular complexity index is 606. The number of halogens is 1. The Labute approximate surface area is 124 Å². The monoisotopic (exact) mass is 288 g/mol.